The third-order valence-corrected chi connectivity index (χ3v) is 3.56. The van der Waals surface area contributed by atoms with E-state index in [4.69, 9.17) is 0 Å². The topological polar surface area (TPSA) is 33.2 Å². The van der Waals surface area contributed by atoms with E-state index in [1.807, 2.05) is 52.0 Å². The van der Waals surface area contributed by atoms with Gasteiger partial charge in [0.05, 0.1) is 0 Å². The van der Waals surface area contributed by atoms with Crippen molar-refractivity contribution in [3.63, 3.8) is 0 Å². The number of carbonyl (C=O) groups excluding carboxylic acids is 1. The van der Waals surface area contributed by atoms with Crippen LogP contribution >= 0.6 is 0 Å². The molecule has 1 amide bonds. The van der Waals surface area contributed by atoms with Crippen LogP contribution in [-0.2, 0) is 0 Å². The first-order valence-corrected chi connectivity index (χ1v) is 6.85. The van der Waals surface area contributed by atoms with Gasteiger partial charge in [0.1, 0.15) is 0 Å². The van der Waals surface area contributed by atoms with Crippen molar-refractivity contribution < 1.29 is 4.79 Å². The third kappa shape index (κ3) is 2.72. The summed E-state index contributed by atoms with van der Waals surface area (Å²) in [6, 6.07) is 9.81. The van der Waals surface area contributed by atoms with Gasteiger partial charge in [0.15, 0.2) is 0 Å². The first-order valence-electron chi connectivity index (χ1n) is 6.85. The van der Waals surface area contributed by atoms with E-state index in [0.29, 0.717) is 6.54 Å². The van der Waals surface area contributed by atoms with Crippen molar-refractivity contribution in [2.45, 2.75) is 27.7 Å². The second kappa shape index (κ2) is 5.87. The lowest BCUT2D eigenvalue weighted by molar-refractivity contribution is 0.0987. The zero-order valence-corrected chi connectivity index (χ0v) is 12.5. The average Bonchev–Trinajstić information content (AvgIpc) is 2.42. The zero-order chi connectivity index (χ0) is 14.7. The van der Waals surface area contributed by atoms with Crippen molar-refractivity contribution in [3.8, 4) is 0 Å². The molecule has 0 aliphatic carbocycles. The first kappa shape index (κ1) is 14.3. The number of pyridine rings is 1. The van der Waals surface area contributed by atoms with Crippen molar-refractivity contribution >= 4 is 11.6 Å². The fraction of sp³-hybridized carbons (Fsp3) is 0.294. The van der Waals surface area contributed by atoms with Crippen LogP contribution in [-0.4, -0.2) is 17.4 Å². The summed E-state index contributed by atoms with van der Waals surface area (Å²) in [4.78, 5) is 18.8. The molecular formula is C17H20N2O. The summed E-state index contributed by atoms with van der Waals surface area (Å²) in [6.07, 6.45) is 1.69. The molecule has 0 radical (unpaired) electrons. The summed E-state index contributed by atoms with van der Waals surface area (Å²) in [5.41, 5.74) is 4.66. The monoisotopic (exact) mass is 268 g/mol. The van der Waals surface area contributed by atoms with Gasteiger partial charge in [-0.15, -0.1) is 0 Å². The lowest BCUT2D eigenvalue weighted by Gasteiger charge is -2.22. The van der Waals surface area contributed by atoms with Gasteiger partial charge in [0, 0.05) is 29.7 Å². The summed E-state index contributed by atoms with van der Waals surface area (Å²) in [5, 5.41) is 0. The van der Waals surface area contributed by atoms with Gasteiger partial charge < -0.3 is 4.90 Å². The van der Waals surface area contributed by atoms with Crippen LogP contribution in [0.15, 0.2) is 36.5 Å². The van der Waals surface area contributed by atoms with Gasteiger partial charge in [-0.05, 0) is 57.0 Å². The SMILES string of the molecule is CCN(C(=O)c1ccnc(C)c1C)c1cccc(C)c1. The van der Waals surface area contributed by atoms with Gasteiger partial charge >= 0.3 is 0 Å². The molecule has 1 aromatic heterocycles. The molecule has 104 valence electrons. The lowest BCUT2D eigenvalue weighted by Crippen LogP contribution is -2.31. The van der Waals surface area contributed by atoms with Crippen molar-refractivity contribution in [3.05, 3.63) is 58.9 Å². The predicted octanol–water partition coefficient (Wildman–Crippen LogP) is 3.67. The van der Waals surface area contributed by atoms with Crippen LogP contribution in [0.3, 0.4) is 0 Å². The number of hydrogen-bond acceptors (Lipinski definition) is 2. The largest absolute Gasteiger partial charge is 0.309 e. The Morgan fingerprint density at radius 3 is 2.60 bits per heavy atom. The Balaban J connectivity index is 2.42. The van der Waals surface area contributed by atoms with Crippen LogP contribution in [0.5, 0.6) is 0 Å². The molecule has 0 unspecified atom stereocenters. The number of anilines is 1. The number of aromatic nitrogens is 1. The Morgan fingerprint density at radius 1 is 1.20 bits per heavy atom. The van der Waals surface area contributed by atoms with E-state index in [-0.39, 0.29) is 5.91 Å². The van der Waals surface area contributed by atoms with Gasteiger partial charge in [0.2, 0.25) is 0 Å². The molecule has 3 nitrogen and oxygen atoms in total. The summed E-state index contributed by atoms with van der Waals surface area (Å²) in [5.74, 6) is 0.0288. The minimum atomic E-state index is 0.0288. The Hall–Kier alpha value is -2.16. The summed E-state index contributed by atoms with van der Waals surface area (Å²) in [7, 11) is 0. The van der Waals surface area contributed by atoms with Gasteiger partial charge in [-0.3, -0.25) is 9.78 Å². The minimum absolute atomic E-state index is 0.0288. The van der Waals surface area contributed by atoms with Gasteiger partial charge in [-0.1, -0.05) is 12.1 Å². The maximum atomic E-state index is 12.8. The smallest absolute Gasteiger partial charge is 0.258 e. The van der Waals surface area contributed by atoms with Crippen molar-refractivity contribution in [2.24, 2.45) is 0 Å². The molecular weight excluding hydrogens is 248 g/mol. The van der Waals surface area contributed by atoms with Crippen LogP contribution in [0.1, 0.15) is 34.1 Å². The number of nitrogens with zero attached hydrogens (tertiary/aromatic N) is 2. The van der Waals surface area contributed by atoms with Crippen LogP contribution in [0.2, 0.25) is 0 Å². The quantitative estimate of drug-likeness (QED) is 0.851. The van der Waals surface area contributed by atoms with E-state index >= 15 is 0 Å². The Bertz CT molecular complexity index is 635. The predicted molar refractivity (Wildman–Crippen MR) is 82.2 cm³/mol. The highest BCUT2D eigenvalue weighted by molar-refractivity contribution is 6.07. The lowest BCUT2D eigenvalue weighted by atomic mass is 10.1. The van der Waals surface area contributed by atoms with Crippen LogP contribution in [0.25, 0.3) is 0 Å². The Morgan fingerprint density at radius 2 is 1.95 bits per heavy atom. The summed E-state index contributed by atoms with van der Waals surface area (Å²) in [6.45, 7) is 8.53. The highest BCUT2D eigenvalue weighted by Gasteiger charge is 2.18. The molecule has 2 aromatic rings. The van der Waals surface area contributed by atoms with Gasteiger partial charge in [-0.25, -0.2) is 0 Å². The molecule has 0 spiro atoms. The molecule has 0 aliphatic rings. The summed E-state index contributed by atoms with van der Waals surface area (Å²) >= 11 is 0. The van der Waals surface area contributed by atoms with E-state index in [9.17, 15) is 4.79 Å². The standard InChI is InChI=1S/C17H20N2O/c1-5-19(15-8-6-7-12(2)11-15)17(20)16-9-10-18-14(4)13(16)3/h6-11H,5H2,1-4H3. The van der Waals surface area contributed by atoms with E-state index in [2.05, 4.69) is 4.98 Å². The Kier molecular flexibility index (Phi) is 4.18. The van der Waals surface area contributed by atoms with Crippen molar-refractivity contribution in [2.75, 3.05) is 11.4 Å². The van der Waals surface area contributed by atoms with Crippen LogP contribution in [0, 0.1) is 20.8 Å². The molecule has 0 aliphatic heterocycles. The maximum absolute atomic E-state index is 12.8. The highest BCUT2D eigenvalue weighted by atomic mass is 16.2. The van der Waals surface area contributed by atoms with E-state index in [1.165, 1.54) is 0 Å². The van der Waals surface area contributed by atoms with Crippen LogP contribution in [0.4, 0.5) is 5.69 Å². The second-order valence-electron chi connectivity index (χ2n) is 4.96. The molecule has 3 heteroatoms. The average molecular weight is 268 g/mol. The summed E-state index contributed by atoms with van der Waals surface area (Å²) < 4.78 is 0. The molecule has 1 aromatic carbocycles. The van der Waals surface area contributed by atoms with E-state index in [0.717, 1.165) is 28.1 Å². The number of carbonyl (C=O) groups is 1. The molecule has 0 bridgehead atoms. The van der Waals surface area contributed by atoms with E-state index in [1.54, 1.807) is 17.2 Å². The molecule has 1 heterocycles. The first-order chi connectivity index (χ1) is 9.54. The number of aryl methyl sites for hydroxylation is 2. The van der Waals surface area contributed by atoms with Crippen molar-refractivity contribution in [1.29, 1.82) is 0 Å². The minimum Gasteiger partial charge on any atom is -0.309 e. The molecule has 0 saturated heterocycles. The molecule has 0 N–H and O–H groups in total. The molecule has 20 heavy (non-hydrogen) atoms. The second-order valence-corrected chi connectivity index (χ2v) is 4.96. The maximum Gasteiger partial charge on any atom is 0.258 e. The number of hydrogen-bond donors (Lipinski definition) is 0. The van der Waals surface area contributed by atoms with Gasteiger partial charge in [0.25, 0.3) is 5.91 Å². The van der Waals surface area contributed by atoms with Crippen molar-refractivity contribution in [1.82, 2.24) is 4.98 Å². The zero-order valence-electron chi connectivity index (χ0n) is 12.5. The molecule has 2 rings (SSSR count). The number of rotatable bonds is 3. The highest BCUT2D eigenvalue weighted by Crippen LogP contribution is 2.20. The third-order valence-electron chi connectivity index (χ3n) is 3.56. The molecule has 0 saturated carbocycles. The molecule has 0 fully saturated rings. The fourth-order valence-corrected chi connectivity index (χ4v) is 2.26. The number of benzene rings is 1. The normalized spacial score (nSPS) is 10.4. The van der Waals surface area contributed by atoms with Crippen LogP contribution < -0.4 is 4.90 Å². The molecule has 0 atom stereocenters. The fourth-order valence-electron chi connectivity index (χ4n) is 2.26. The van der Waals surface area contributed by atoms with Gasteiger partial charge in [-0.2, -0.15) is 0 Å². The number of amides is 1. The Labute approximate surface area is 120 Å². The van der Waals surface area contributed by atoms with E-state index < -0.39 is 0 Å².